The highest BCUT2D eigenvalue weighted by molar-refractivity contribution is 4.93. The quantitative estimate of drug-likeness (QED) is 0.650. The number of nitrogens with one attached hydrogen (secondary N) is 1. The van der Waals surface area contributed by atoms with Gasteiger partial charge in [0.2, 0.25) is 0 Å². The van der Waals surface area contributed by atoms with Crippen molar-refractivity contribution in [3.63, 3.8) is 0 Å². The molecule has 0 aliphatic carbocycles. The summed E-state index contributed by atoms with van der Waals surface area (Å²) in [6.45, 7) is 9.39. The summed E-state index contributed by atoms with van der Waals surface area (Å²) in [4.78, 5) is 2.39. The first-order valence-corrected chi connectivity index (χ1v) is 6.24. The van der Waals surface area contributed by atoms with Crippen molar-refractivity contribution in [1.82, 2.24) is 10.2 Å². The summed E-state index contributed by atoms with van der Waals surface area (Å²) in [6.07, 6.45) is 3.88. The number of rotatable bonds is 7. The largest absolute Gasteiger partial charge is 0.380 e. The minimum atomic E-state index is 0.376. The average Bonchev–Trinajstić information content (AvgIpc) is 2.67. The van der Waals surface area contributed by atoms with Crippen LogP contribution in [0, 0.1) is 0 Å². The molecule has 1 atom stereocenters. The zero-order chi connectivity index (χ0) is 11.1. The first kappa shape index (κ1) is 12.9. The fourth-order valence-electron chi connectivity index (χ4n) is 2.38. The molecule has 3 heteroatoms. The average molecular weight is 214 g/mol. The molecule has 1 rings (SSSR count). The van der Waals surface area contributed by atoms with E-state index in [2.05, 4.69) is 24.2 Å². The van der Waals surface area contributed by atoms with Crippen LogP contribution in [-0.4, -0.2) is 50.3 Å². The van der Waals surface area contributed by atoms with E-state index in [0.29, 0.717) is 5.54 Å². The van der Waals surface area contributed by atoms with Crippen LogP contribution in [0.2, 0.25) is 0 Å². The lowest BCUT2D eigenvalue weighted by Crippen LogP contribution is -2.49. The zero-order valence-corrected chi connectivity index (χ0v) is 10.5. The Morgan fingerprint density at radius 3 is 2.73 bits per heavy atom. The van der Waals surface area contributed by atoms with Crippen LogP contribution in [0.3, 0.4) is 0 Å². The van der Waals surface area contributed by atoms with Gasteiger partial charge in [0.1, 0.15) is 0 Å². The van der Waals surface area contributed by atoms with Gasteiger partial charge in [-0.25, -0.2) is 0 Å². The lowest BCUT2D eigenvalue weighted by Gasteiger charge is -2.33. The molecule has 1 aliphatic rings. The van der Waals surface area contributed by atoms with Gasteiger partial charge in [0, 0.05) is 25.2 Å². The van der Waals surface area contributed by atoms with Crippen LogP contribution in [0.5, 0.6) is 0 Å². The van der Waals surface area contributed by atoms with Gasteiger partial charge in [-0.2, -0.15) is 0 Å². The first-order chi connectivity index (χ1) is 7.22. The molecule has 0 saturated carbocycles. The SMILES string of the molecule is CCOCCN(C)CC1(CC)CCCN1. The van der Waals surface area contributed by atoms with E-state index in [9.17, 15) is 0 Å². The molecular formula is C12H26N2O. The second-order valence-electron chi connectivity index (χ2n) is 4.60. The zero-order valence-electron chi connectivity index (χ0n) is 10.5. The molecule has 1 aliphatic heterocycles. The van der Waals surface area contributed by atoms with Crippen molar-refractivity contribution in [2.45, 2.75) is 38.6 Å². The normalized spacial score (nSPS) is 26.4. The van der Waals surface area contributed by atoms with Crippen LogP contribution in [-0.2, 0) is 4.74 Å². The highest BCUT2D eigenvalue weighted by Gasteiger charge is 2.32. The summed E-state index contributed by atoms with van der Waals surface area (Å²) in [6, 6.07) is 0. The molecule has 1 heterocycles. The van der Waals surface area contributed by atoms with Crippen molar-refractivity contribution in [3.8, 4) is 0 Å². The molecule has 0 spiro atoms. The molecule has 0 aromatic carbocycles. The van der Waals surface area contributed by atoms with Crippen molar-refractivity contribution in [2.24, 2.45) is 0 Å². The van der Waals surface area contributed by atoms with Crippen LogP contribution in [0.4, 0.5) is 0 Å². The van der Waals surface area contributed by atoms with E-state index in [1.807, 2.05) is 6.92 Å². The van der Waals surface area contributed by atoms with Gasteiger partial charge < -0.3 is 15.0 Å². The van der Waals surface area contributed by atoms with Crippen LogP contribution >= 0.6 is 0 Å². The van der Waals surface area contributed by atoms with Gasteiger partial charge in [-0.3, -0.25) is 0 Å². The molecule has 0 aromatic heterocycles. The fourth-order valence-corrected chi connectivity index (χ4v) is 2.38. The smallest absolute Gasteiger partial charge is 0.0593 e. The summed E-state index contributed by atoms with van der Waals surface area (Å²) in [7, 11) is 2.19. The monoisotopic (exact) mass is 214 g/mol. The molecular weight excluding hydrogens is 188 g/mol. The van der Waals surface area contributed by atoms with E-state index in [4.69, 9.17) is 4.74 Å². The number of nitrogens with zero attached hydrogens (tertiary/aromatic N) is 1. The Hall–Kier alpha value is -0.120. The van der Waals surface area contributed by atoms with Crippen molar-refractivity contribution in [3.05, 3.63) is 0 Å². The Morgan fingerprint density at radius 2 is 2.20 bits per heavy atom. The summed E-state index contributed by atoms with van der Waals surface area (Å²) >= 11 is 0. The Balaban J connectivity index is 2.25. The molecule has 0 radical (unpaired) electrons. The third kappa shape index (κ3) is 4.09. The predicted molar refractivity (Wildman–Crippen MR) is 64.2 cm³/mol. The van der Waals surface area contributed by atoms with Crippen molar-refractivity contribution < 1.29 is 4.74 Å². The Bertz CT molecular complexity index is 167. The Labute approximate surface area is 94.2 Å². The van der Waals surface area contributed by atoms with Crippen LogP contribution in [0.15, 0.2) is 0 Å². The highest BCUT2D eigenvalue weighted by atomic mass is 16.5. The van der Waals surface area contributed by atoms with E-state index < -0.39 is 0 Å². The topological polar surface area (TPSA) is 24.5 Å². The van der Waals surface area contributed by atoms with E-state index in [-0.39, 0.29) is 0 Å². The van der Waals surface area contributed by atoms with Gasteiger partial charge in [-0.15, -0.1) is 0 Å². The van der Waals surface area contributed by atoms with Gasteiger partial charge in [0.25, 0.3) is 0 Å². The summed E-state index contributed by atoms with van der Waals surface area (Å²) in [5.74, 6) is 0. The maximum Gasteiger partial charge on any atom is 0.0593 e. The van der Waals surface area contributed by atoms with Crippen molar-refractivity contribution >= 4 is 0 Å². The van der Waals surface area contributed by atoms with E-state index in [0.717, 1.165) is 26.3 Å². The predicted octanol–water partition coefficient (Wildman–Crippen LogP) is 1.49. The standard InChI is InChI=1S/C12H26N2O/c1-4-12(7-6-8-13-12)11-14(3)9-10-15-5-2/h13H,4-11H2,1-3H3. The van der Waals surface area contributed by atoms with Gasteiger partial charge >= 0.3 is 0 Å². The van der Waals surface area contributed by atoms with Crippen LogP contribution in [0.1, 0.15) is 33.1 Å². The van der Waals surface area contributed by atoms with Gasteiger partial charge in [0.15, 0.2) is 0 Å². The summed E-state index contributed by atoms with van der Waals surface area (Å²) in [5.41, 5.74) is 0.376. The van der Waals surface area contributed by atoms with Crippen molar-refractivity contribution in [1.29, 1.82) is 0 Å². The molecule has 1 unspecified atom stereocenters. The molecule has 1 fully saturated rings. The molecule has 0 amide bonds. The van der Waals surface area contributed by atoms with Crippen LogP contribution < -0.4 is 5.32 Å². The Morgan fingerprint density at radius 1 is 1.40 bits per heavy atom. The highest BCUT2D eigenvalue weighted by Crippen LogP contribution is 2.23. The van der Waals surface area contributed by atoms with Crippen molar-refractivity contribution in [2.75, 3.05) is 39.9 Å². The lowest BCUT2D eigenvalue weighted by atomic mass is 9.94. The second kappa shape index (κ2) is 6.46. The number of hydrogen-bond donors (Lipinski definition) is 1. The molecule has 90 valence electrons. The minimum Gasteiger partial charge on any atom is -0.380 e. The fraction of sp³-hybridized carbons (Fsp3) is 1.00. The number of hydrogen-bond acceptors (Lipinski definition) is 3. The van der Waals surface area contributed by atoms with E-state index in [1.165, 1.54) is 25.8 Å². The summed E-state index contributed by atoms with van der Waals surface area (Å²) < 4.78 is 5.37. The lowest BCUT2D eigenvalue weighted by molar-refractivity contribution is 0.110. The number of ether oxygens (including phenoxy) is 1. The minimum absolute atomic E-state index is 0.376. The van der Waals surface area contributed by atoms with E-state index >= 15 is 0 Å². The Kier molecular flexibility index (Phi) is 5.58. The molecule has 0 aromatic rings. The number of likely N-dealkylation sites (N-methyl/N-ethyl adjacent to an activating group) is 1. The van der Waals surface area contributed by atoms with E-state index in [1.54, 1.807) is 0 Å². The molecule has 3 nitrogen and oxygen atoms in total. The maximum absolute atomic E-state index is 5.37. The maximum atomic E-state index is 5.37. The van der Waals surface area contributed by atoms with Gasteiger partial charge in [-0.1, -0.05) is 6.92 Å². The van der Waals surface area contributed by atoms with Crippen LogP contribution in [0.25, 0.3) is 0 Å². The first-order valence-electron chi connectivity index (χ1n) is 6.24. The third-order valence-electron chi connectivity index (χ3n) is 3.40. The van der Waals surface area contributed by atoms with Gasteiger partial charge in [0.05, 0.1) is 6.61 Å². The molecule has 1 saturated heterocycles. The molecule has 15 heavy (non-hydrogen) atoms. The molecule has 0 bridgehead atoms. The second-order valence-corrected chi connectivity index (χ2v) is 4.60. The molecule has 1 N–H and O–H groups in total. The summed E-state index contributed by atoms with van der Waals surface area (Å²) in [5, 5.41) is 3.66. The third-order valence-corrected chi connectivity index (χ3v) is 3.40. The van der Waals surface area contributed by atoms with Gasteiger partial charge in [-0.05, 0) is 39.8 Å².